The molecule has 1 aromatic rings. The normalized spacial score (nSPS) is 16.7. The third-order valence-electron chi connectivity index (χ3n) is 3.55. The first-order valence-electron chi connectivity index (χ1n) is 6.52. The minimum absolute atomic E-state index is 0.188. The molecular formula is C13H15F2N3O3. The largest absolute Gasteiger partial charge is 0.349 e. The van der Waals surface area contributed by atoms with Crippen LogP contribution in [0.1, 0.15) is 23.2 Å². The predicted octanol–water partition coefficient (Wildman–Crippen LogP) is 1.70. The molecule has 1 saturated heterocycles. The second-order valence-corrected chi connectivity index (χ2v) is 5.06. The van der Waals surface area contributed by atoms with E-state index in [4.69, 9.17) is 0 Å². The Balaban J connectivity index is 2.19. The maximum Gasteiger partial charge on any atom is 0.305 e. The highest BCUT2D eigenvalue weighted by Gasteiger charge is 2.28. The van der Waals surface area contributed by atoms with Gasteiger partial charge >= 0.3 is 5.69 Å². The summed E-state index contributed by atoms with van der Waals surface area (Å²) in [6, 6.07) is 1.24. The van der Waals surface area contributed by atoms with E-state index in [0.29, 0.717) is 18.9 Å². The molecule has 1 aliphatic rings. The van der Waals surface area contributed by atoms with Crippen molar-refractivity contribution in [2.45, 2.75) is 18.9 Å². The van der Waals surface area contributed by atoms with Crippen LogP contribution in [0.5, 0.6) is 0 Å². The fourth-order valence-corrected chi connectivity index (χ4v) is 2.30. The number of piperidine rings is 1. The molecule has 0 saturated carbocycles. The average molecular weight is 299 g/mol. The van der Waals surface area contributed by atoms with Crippen LogP contribution >= 0.6 is 0 Å². The van der Waals surface area contributed by atoms with Gasteiger partial charge in [-0.05, 0) is 39.0 Å². The number of benzene rings is 1. The molecule has 0 radical (unpaired) electrons. The molecule has 1 N–H and O–H groups in total. The lowest BCUT2D eigenvalue weighted by molar-refractivity contribution is -0.387. The number of nitro groups is 1. The molecule has 6 nitrogen and oxygen atoms in total. The van der Waals surface area contributed by atoms with Crippen molar-refractivity contribution in [2.75, 3.05) is 20.1 Å². The summed E-state index contributed by atoms with van der Waals surface area (Å²) in [5, 5.41) is 13.2. The topological polar surface area (TPSA) is 75.5 Å². The number of hydrogen-bond acceptors (Lipinski definition) is 4. The van der Waals surface area contributed by atoms with Gasteiger partial charge in [0.05, 0.1) is 4.92 Å². The van der Waals surface area contributed by atoms with E-state index < -0.39 is 33.7 Å². The Bertz CT molecular complexity index is 572. The summed E-state index contributed by atoms with van der Waals surface area (Å²) < 4.78 is 27.5. The molecule has 0 unspecified atom stereocenters. The fraction of sp³-hybridized carbons (Fsp3) is 0.462. The van der Waals surface area contributed by atoms with Crippen molar-refractivity contribution in [3.8, 4) is 0 Å². The van der Waals surface area contributed by atoms with Crippen LogP contribution in [0.25, 0.3) is 0 Å². The summed E-state index contributed by atoms with van der Waals surface area (Å²) in [5.74, 6) is -3.50. The van der Waals surface area contributed by atoms with Gasteiger partial charge in [-0.3, -0.25) is 14.9 Å². The van der Waals surface area contributed by atoms with E-state index in [1.54, 1.807) is 0 Å². The molecule has 1 aromatic carbocycles. The summed E-state index contributed by atoms with van der Waals surface area (Å²) >= 11 is 0. The summed E-state index contributed by atoms with van der Waals surface area (Å²) in [4.78, 5) is 23.7. The van der Waals surface area contributed by atoms with Crippen molar-refractivity contribution in [3.05, 3.63) is 39.4 Å². The minimum atomic E-state index is -1.44. The Morgan fingerprint density at radius 2 is 2.00 bits per heavy atom. The first-order chi connectivity index (χ1) is 9.90. The minimum Gasteiger partial charge on any atom is -0.349 e. The van der Waals surface area contributed by atoms with E-state index in [1.165, 1.54) is 0 Å². The lowest BCUT2D eigenvalue weighted by Gasteiger charge is -2.29. The quantitative estimate of drug-likeness (QED) is 0.681. The number of rotatable bonds is 3. The number of hydrogen-bond donors (Lipinski definition) is 1. The lowest BCUT2D eigenvalue weighted by atomic mass is 10.0. The molecule has 21 heavy (non-hydrogen) atoms. The molecule has 0 spiro atoms. The Morgan fingerprint density at radius 1 is 1.38 bits per heavy atom. The number of carbonyl (C=O) groups excluding carboxylic acids is 1. The molecular weight excluding hydrogens is 284 g/mol. The summed E-state index contributed by atoms with van der Waals surface area (Å²) in [7, 11) is 1.94. The Labute approximate surface area is 119 Å². The van der Waals surface area contributed by atoms with Gasteiger partial charge in [-0.15, -0.1) is 0 Å². The lowest BCUT2D eigenvalue weighted by Crippen LogP contribution is -2.43. The van der Waals surface area contributed by atoms with E-state index in [1.807, 2.05) is 7.05 Å². The van der Waals surface area contributed by atoms with Gasteiger partial charge < -0.3 is 10.2 Å². The smallest absolute Gasteiger partial charge is 0.305 e. The molecule has 0 aliphatic carbocycles. The van der Waals surface area contributed by atoms with E-state index in [9.17, 15) is 23.7 Å². The fourth-order valence-electron chi connectivity index (χ4n) is 2.30. The van der Waals surface area contributed by atoms with Crippen LogP contribution in [0.2, 0.25) is 0 Å². The maximum atomic E-state index is 13.9. The first kappa shape index (κ1) is 15.3. The summed E-state index contributed by atoms with van der Waals surface area (Å²) in [6.07, 6.45) is 1.33. The molecule has 0 atom stereocenters. The number of likely N-dealkylation sites (tertiary alicyclic amines) is 1. The molecule has 1 aliphatic heterocycles. The molecule has 1 amide bonds. The van der Waals surface area contributed by atoms with Crippen LogP contribution < -0.4 is 5.32 Å². The molecule has 1 heterocycles. The third-order valence-corrected chi connectivity index (χ3v) is 3.55. The maximum absolute atomic E-state index is 13.9. The van der Waals surface area contributed by atoms with Crippen molar-refractivity contribution in [3.63, 3.8) is 0 Å². The number of nitro benzene ring substituents is 1. The van der Waals surface area contributed by atoms with Crippen molar-refractivity contribution in [1.29, 1.82) is 0 Å². The van der Waals surface area contributed by atoms with Gasteiger partial charge in [-0.2, -0.15) is 4.39 Å². The van der Waals surface area contributed by atoms with Crippen LogP contribution in [0.15, 0.2) is 12.1 Å². The van der Waals surface area contributed by atoms with Crippen LogP contribution in [0.3, 0.4) is 0 Å². The van der Waals surface area contributed by atoms with Gasteiger partial charge in [0.25, 0.3) is 5.91 Å². The standard InChI is InChI=1S/C13H15F2N3O3/c1-17-6-4-8(5-7-17)16-13(19)11-9(14)2-3-10(12(11)15)18(20)21/h2-3,8H,4-7H2,1H3,(H,16,19). The molecule has 0 bridgehead atoms. The molecule has 114 valence electrons. The van der Waals surface area contributed by atoms with Crippen molar-refractivity contribution in [2.24, 2.45) is 0 Å². The molecule has 2 rings (SSSR count). The van der Waals surface area contributed by atoms with E-state index in [2.05, 4.69) is 10.2 Å². The summed E-state index contributed by atoms with van der Waals surface area (Å²) in [5.41, 5.74) is -1.81. The highest BCUT2D eigenvalue weighted by Crippen LogP contribution is 2.23. The highest BCUT2D eigenvalue weighted by molar-refractivity contribution is 5.95. The van der Waals surface area contributed by atoms with Gasteiger partial charge in [0.2, 0.25) is 5.82 Å². The van der Waals surface area contributed by atoms with Crippen LogP contribution in [-0.2, 0) is 0 Å². The number of nitrogens with zero attached hydrogens (tertiary/aromatic N) is 2. The molecule has 1 fully saturated rings. The van der Waals surface area contributed by atoms with Crippen molar-refractivity contribution < 1.29 is 18.5 Å². The average Bonchev–Trinajstić information content (AvgIpc) is 2.41. The number of halogens is 2. The third kappa shape index (κ3) is 3.33. The Morgan fingerprint density at radius 3 is 2.57 bits per heavy atom. The second kappa shape index (κ2) is 6.13. The van der Waals surface area contributed by atoms with E-state index in [0.717, 1.165) is 19.2 Å². The Hall–Kier alpha value is -2.09. The van der Waals surface area contributed by atoms with E-state index >= 15 is 0 Å². The molecule has 0 aromatic heterocycles. The van der Waals surface area contributed by atoms with Crippen molar-refractivity contribution >= 4 is 11.6 Å². The second-order valence-electron chi connectivity index (χ2n) is 5.06. The van der Waals surface area contributed by atoms with Gasteiger partial charge in [0, 0.05) is 12.1 Å². The predicted molar refractivity (Wildman–Crippen MR) is 71.0 cm³/mol. The number of amides is 1. The van der Waals surface area contributed by atoms with Crippen molar-refractivity contribution in [1.82, 2.24) is 10.2 Å². The number of carbonyl (C=O) groups is 1. The highest BCUT2D eigenvalue weighted by atomic mass is 19.1. The van der Waals surface area contributed by atoms with Crippen LogP contribution in [0, 0.1) is 21.7 Å². The van der Waals surface area contributed by atoms with E-state index in [-0.39, 0.29) is 6.04 Å². The zero-order chi connectivity index (χ0) is 15.6. The Kier molecular flexibility index (Phi) is 4.46. The van der Waals surface area contributed by atoms with Crippen LogP contribution in [-0.4, -0.2) is 41.9 Å². The zero-order valence-corrected chi connectivity index (χ0v) is 11.4. The first-order valence-corrected chi connectivity index (χ1v) is 6.52. The zero-order valence-electron chi connectivity index (χ0n) is 11.4. The van der Waals surface area contributed by atoms with Gasteiger partial charge in [-0.1, -0.05) is 0 Å². The number of nitrogens with one attached hydrogen (secondary N) is 1. The van der Waals surface area contributed by atoms with Gasteiger partial charge in [-0.25, -0.2) is 4.39 Å². The van der Waals surface area contributed by atoms with Gasteiger partial charge in [0.15, 0.2) is 0 Å². The summed E-state index contributed by atoms with van der Waals surface area (Å²) in [6.45, 7) is 1.54. The SMILES string of the molecule is CN1CCC(NC(=O)c2c(F)ccc([N+](=O)[O-])c2F)CC1. The van der Waals surface area contributed by atoms with Crippen LogP contribution in [0.4, 0.5) is 14.5 Å². The van der Waals surface area contributed by atoms with Gasteiger partial charge in [0.1, 0.15) is 11.4 Å². The monoisotopic (exact) mass is 299 g/mol. The molecule has 8 heteroatoms.